The first-order chi connectivity index (χ1) is 25.7. The summed E-state index contributed by atoms with van der Waals surface area (Å²) in [5, 5.41) is 13.0. The lowest BCUT2D eigenvalue weighted by atomic mass is 9.47. The quantitative estimate of drug-likeness (QED) is 0.0457. The summed E-state index contributed by atoms with van der Waals surface area (Å²) >= 11 is 0. The summed E-state index contributed by atoms with van der Waals surface area (Å²) < 4.78 is 39.4. The molecule has 4 fully saturated rings. The van der Waals surface area contributed by atoms with Crippen LogP contribution in [0.25, 0.3) is 10.4 Å². The van der Waals surface area contributed by atoms with Crippen LogP contribution >= 0.6 is 7.82 Å². The Balaban J connectivity index is 1.12. The average molecular weight is 769 g/mol. The predicted octanol–water partition coefficient (Wildman–Crippen LogP) is 9.29. The first-order valence-corrected chi connectivity index (χ1v) is 21.8. The fourth-order valence-electron chi connectivity index (χ4n) is 11.4. The van der Waals surface area contributed by atoms with Gasteiger partial charge in [0.05, 0.1) is 44.0 Å². The minimum Gasteiger partial charge on any atom is -0.352 e. The maximum absolute atomic E-state index is 14.2. The number of phosphoric acid groups is 1. The van der Waals surface area contributed by atoms with E-state index in [9.17, 15) is 24.9 Å². The molecule has 1 saturated heterocycles. The van der Waals surface area contributed by atoms with Gasteiger partial charge in [0.25, 0.3) is 5.56 Å². The third-order valence-corrected chi connectivity index (χ3v) is 15.8. The van der Waals surface area contributed by atoms with Crippen LogP contribution in [0.3, 0.4) is 0 Å². The van der Waals surface area contributed by atoms with Crippen LogP contribution in [0.1, 0.15) is 130 Å². The van der Waals surface area contributed by atoms with Crippen molar-refractivity contribution in [3.63, 3.8) is 0 Å². The number of azide groups is 1. The Kier molecular flexibility index (Phi) is 12.7. The van der Waals surface area contributed by atoms with Crippen molar-refractivity contribution in [3.8, 4) is 6.07 Å². The summed E-state index contributed by atoms with van der Waals surface area (Å²) in [6.45, 7) is 13.4. The molecule has 0 amide bonds. The number of phosphoric ester groups is 1. The van der Waals surface area contributed by atoms with Crippen molar-refractivity contribution in [3.05, 3.63) is 54.7 Å². The predicted molar refractivity (Wildman–Crippen MR) is 205 cm³/mol. The molecule has 54 heavy (non-hydrogen) atoms. The average Bonchev–Trinajstić information content (AvgIpc) is 3.69. The molecule has 2 heterocycles. The summed E-state index contributed by atoms with van der Waals surface area (Å²) in [4.78, 5) is 29.7. The number of ether oxygens (including phenoxy) is 1. The Morgan fingerprint density at radius 1 is 1.15 bits per heavy atom. The third-order valence-electron chi connectivity index (χ3n) is 14.3. The summed E-state index contributed by atoms with van der Waals surface area (Å²) in [5.41, 5.74) is 10.3. The number of hydrogen-bond acceptors (Lipinski definition) is 9. The van der Waals surface area contributed by atoms with E-state index in [-0.39, 0.29) is 31.5 Å². The smallest absolute Gasteiger partial charge is 0.352 e. The van der Waals surface area contributed by atoms with Gasteiger partial charge in [-0.1, -0.05) is 70.6 Å². The minimum absolute atomic E-state index is 0.00314. The molecule has 1 N–H and O–H groups in total. The van der Waals surface area contributed by atoms with Gasteiger partial charge in [-0.25, -0.2) is 9.36 Å². The normalized spacial score (nSPS) is 36.2. The van der Waals surface area contributed by atoms with E-state index >= 15 is 0 Å². The van der Waals surface area contributed by atoms with E-state index in [1.807, 2.05) is 6.07 Å². The molecule has 0 aromatic carbocycles. The number of H-pyrrole nitrogens is 1. The molecular formula is C40H61N6O7P. The van der Waals surface area contributed by atoms with Gasteiger partial charge in [-0.2, -0.15) is 5.26 Å². The van der Waals surface area contributed by atoms with E-state index in [0.717, 1.165) is 36.5 Å². The number of aromatic nitrogens is 2. The molecule has 0 spiro atoms. The molecule has 0 bridgehead atoms. The molecule has 12 atom stereocenters. The summed E-state index contributed by atoms with van der Waals surface area (Å²) in [7, 11) is -4.19. The van der Waals surface area contributed by atoms with Crippen LogP contribution < -0.4 is 11.2 Å². The molecule has 1 aromatic rings. The Labute approximate surface area is 319 Å². The first kappa shape index (κ1) is 40.9. The van der Waals surface area contributed by atoms with Crippen LogP contribution in [0.2, 0.25) is 0 Å². The molecule has 6 rings (SSSR count). The zero-order valence-corrected chi connectivity index (χ0v) is 34.0. The Morgan fingerprint density at radius 3 is 2.69 bits per heavy atom. The molecular weight excluding hydrogens is 707 g/mol. The number of aryl methyl sites for hydroxylation is 1. The molecule has 1 aromatic heterocycles. The molecule has 14 heteroatoms. The van der Waals surface area contributed by atoms with Crippen LogP contribution in [0.5, 0.6) is 0 Å². The number of allylic oxidation sites excluding steroid dienone is 1. The van der Waals surface area contributed by atoms with Crippen molar-refractivity contribution in [2.45, 2.75) is 149 Å². The molecule has 13 nitrogen and oxygen atoms in total. The number of aromatic amines is 1. The molecule has 298 valence electrons. The van der Waals surface area contributed by atoms with Gasteiger partial charge in [-0.15, -0.1) is 0 Å². The second kappa shape index (κ2) is 16.8. The zero-order chi connectivity index (χ0) is 38.8. The highest BCUT2D eigenvalue weighted by molar-refractivity contribution is 7.48. The van der Waals surface area contributed by atoms with Gasteiger partial charge < -0.3 is 4.74 Å². The van der Waals surface area contributed by atoms with Crippen LogP contribution in [-0.4, -0.2) is 41.0 Å². The van der Waals surface area contributed by atoms with Gasteiger partial charge in [-0.05, 0) is 110 Å². The molecule has 4 aliphatic carbocycles. The Bertz CT molecular complexity index is 1800. The number of nitriles is 1. The third kappa shape index (κ3) is 8.36. The van der Waals surface area contributed by atoms with Gasteiger partial charge >= 0.3 is 13.5 Å². The van der Waals surface area contributed by atoms with Crippen molar-refractivity contribution in [2.24, 2.45) is 51.5 Å². The first-order valence-electron chi connectivity index (χ1n) is 20.4. The molecule has 3 saturated carbocycles. The van der Waals surface area contributed by atoms with E-state index in [1.165, 1.54) is 61.3 Å². The monoisotopic (exact) mass is 768 g/mol. The zero-order valence-electron chi connectivity index (χ0n) is 33.1. The van der Waals surface area contributed by atoms with E-state index in [4.69, 9.17) is 18.3 Å². The largest absolute Gasteiger partial charge is 0.475 e. The van der Waals surface area contributed by atoms with Gasteiger partial charge in [0.15, 0.2) is 0 Å². The van der Waals surface area contributed by atoms with Crippen molar-refractivity contribution in [1.82, 2.24) is 9.55 Å². The van der Waals surface area contributed by atoms with Crippen LogP contribution in [-0.2, 0) is 22.9 Å². The summed E-state index contributed by atoms with van der Waals surface area (Å²) in [6.07, 6.45) is 14.5. The molecule has 1 aliphatic heterocycles. The van der Waals surface area contributed by atoms with Crippen LogP contribution in [0, 0.1) is 64.6 Å². The maximum atomic E-state index is 14.2. The van der Waals surface area contributed by atoms with Crippen LogP contribution in [0.4, 0.5) is 0 Å². The second-order valence-corrected chi connectivity index (χ2v) is 19.5. The van der Waals surface area contributed by atoms with Gasteiger partial charge in [0.1, 0.15) is 6.23 Å². The van der Waals surface area contributed by atoms with E-state index < -0.39 is 43.5 Å². The van der Waals surface area contributed by atoms with Crippen molar-refractivity contribution >= 4 is 7.82 Å². The Morgan fingerprint density at radius 2 is 1.94 bits per heavy atom. The molecule has 0 radical (unpaired) electrons. The minimum atomic E-state index is -4.19. The highest BCUT2D eigenvalue weighted by Crippen LogP contribution is 2.68. The lowest BCUT2D eigenvalue weighted by Gasteiger charge is -2.58. The van der Waals surface area contributed by atoms with Crippen molar-refractivity contribution in [2.75, 3.05) is 13.2 Å². The summed E-state index contributed by atoms with van der Waals surface area (Å²) in [6, 6.07) is 1.26. The molecule has 9 unspecified atom stereocenters. The van der Waals surface area contributed by atoms with Gasteiger partial charge in [0.2, 0.25) is 0 Å². The maximum Gasteiger partial charge on any atom is 0.475 e. The molecule has 5 aliphatic rings. The second-order valence-electron chi connectivity index (χ2n) is 17.9. The number of nitrogens with one attached hydrogen (secondary N) is 1. The SMILES string of the molecule is Cc1cn([C@H]2C[C@H](N=[N+]=[N-])[C@@H](COP(=O)(OCCC#N)OC3CCC4(C)C(=CCC5C4CCC4(C)C(C(C)CCCC(C)C)CCC54)C3)O2)c(=O)[nH]c1=O. The lowest BCUT2D eigenvalue weighted by molar-refractivity contribution is -0.0595. The van der Waals surface area contributed by atoms with Crippen molar-refractivity contribution in [1.29, 1.82) is 5.26 Å². The fraction of sp³-hybridized carbons (Fsp3) is 0.825. The van der Waals surface area contributed by atoms with Gasteiger partial charge in [0, 0.05) is 23.1 Å². The fourth-order valence-corrected chi connectivity index (χ4v) is 12.8. The topological polar surface area (TPSA) is 181 Å². The number of fused-ring (bicyclic) bond motifs is 5. The van der Waals surface area contributed by atoms with Crippen LogP contribution in [0.15, 0.2) is 32.5 Å². The summed E-state index contributed by atoms with van der Waals surface area (Å²) in [5.74, 6) is 4.45. The highest BCUT2D eigenvalue weighted by atomic mass is 31.2. The lowest BCUT2D eigenvalue weighted by Crippen LogP contribution is -2.51. The highest BCUT2D eigenvalue weighted by Gasteiger charge is 2.59. The standard InChI is InChI=1S/C40H61N6O7P/c1-25(2)9-7-10-26(3)31-13-14-32-30-12-11-28-21-29(15-17-39(28,5)33(30)16-18-40(31,32)6)53-54(49,50-20-8-19-41)51-24-35-34(44-45-42)22-36(52-35)46-23-27(4)37(47)43-38(46)48/h11,23,25-26,29-36H,7-10,12-18,20-22,24H2,1-6H3,(H,43,47,48)/t26?,29?,30?,31?,32?,33?,34-,35+,36+,39?,40?,54?/m0/s1. The van der Waals surface area contributed by atoms with Gasteiger partial charge in [-0.3, -0.25) is 27.9 Å². The van der Waals surface area contributed by atoms with E-state index in [1.54, 1.807) is 6.92 Å². The van der Waals surface area contributed by atoms with E-state index in [2.05, 4.69) is 55.7 Å². The Hall–Kier alpha value is -2.71. The van der Waals surface area contributed by atoms with Crippen molar-refractivity contribution < 1.29 is 22.9 Å². The number of hydrogen-bond donors (Lipinski definition) is 1. The number of nitrogens with zero attached hydrogens (tertiary/aromatic N) is 5. The van der Waals surface area contributed by atoms with E-state index in [0.29, 0.717) is 35.7 Å². The number of rotatable bonds is 15.